The first-order valence-electron chi connectivity index (χ1n) is 10.1. The molecule has 166 valence electrons. The molecule has 3 rings (SSSR count). The Hall–Kier alpha value is -1.69. The van der Waals surface area contributed by atoms with E-state index < -0.39 is 55.5 Å². The second-order valence-electron chi connectivity index (χ2n) is 8.84. The highest BCUT2D eigenvalue weighted by Gasteiger charge is 2.51. The lowest BCUT2D eigenvalue weighted by atomic mass is 9.79. The van der Waals surface area contributed by atoms with Crippen molar-refractivity contribution in [2.24, 2.45) is 0 Å². The van der Waals surface area contributed by atoms with E-state index in [0.717, 1.165) is 5.46 Å². The van der Waals surface area contributed by atoms with Crippen molar-refractivity contribution in [3.63, 3.8) is 0 Å². The Labute approximate surface area is 176 Å². The van der Waals surface area contributed by atoms with Crippen LogP contribution < -0.4 is 16.1 Å². The highest BCUT2D eigenvalue weighted by Crippen LogP contribution is 2.36. The van der Waals surface area contributed by atoms with Crippen molar-refractivity contribution in [2.75, 3.05) is 11.9 Å². The number of ether oxygens (including phenoxy) is 1. The van der Waals surface area contributed by atoms with E-state index in [1.807, 2.05) is 39.8 Å². The van der Waals surface area contributed by atoms with Crippen LogP contribution in [0.5, 0.6) is 0 Å². The number of nitrogens with one attached hydrogen (secondary N) is 2. The van der Waals surface area contributed by atoms with Gasteiger partial charge in [-0.05, 0) is 45.3 Å². The molecule has 1 aromatic rings. The molecule has 0 aliphatic carbocycles. The Balaban J connectivity index is 1.74. The quantitative estimate of drug-likeness (QED) is 0.396. The minimum absolute atomic E-state index is 0.375. The normalized spacial score (nSPS) is 32.7. The van der Waals surface area contributed by atoms with Crippen LogP contribution in [0.4, 0.5) is 5.69 Å². The number of carbonyl (C=O) groups is 1. The second-order valence-corrected chi connectivity index (χ2v) is 8.84. The molecule has 2 aliphatic heterocycles. The highest BCUT2D eigenvalue weighted by molar-refractivity contribution is 6.62. The summed E-state index contributed by atoms with van der Waals surface area (Å²) >= 11 is 0. The summed E-state index contributed by atoms with van der Waals surface area (Å²) in [6.07, 6.45) is -4.46. The van der Waals surface area contributed by atoms with Crippen molar-refractivity contribution >= 4 is 24.2 Å². The molecule has 5 N–H and O–H groups in total. The van der Waals surface area contributed by atoms with E-state index in [9.17, 15) is 20.1 Å². The van der Waals surface area contributed by atoms with Crippen LogP contribution in [-0.2, 0) is 18.8 Å². The third kappa shape index (κ3) is 4.49. The maximum Gasteiger partial charge on any atom is 0.494 e. The number of rotatable bonds is 5. The van der Waals surface area contributed by atoms with Crippen molar-refractivity contribution in [2.45, 2.75) is 76.4 Å². The molecule has 2 saturated heterocycles. The summed E-state index contributed by atoms with van der Waals surface area (Å²) in [5.74, 6) is -0.375. The summed E-state index contributed by atoms with van der Waals surface area (Å²) in [5, 5.41) is 35.6. The first-order chi connectivity index (χ1) is 13.9. The smallest absolute Gasteiger partial charge is 0.399 e. The fourth-order valence-corrected chi connectivity index (χ4v) is 3.52. The van der Waals surface area contributed by atoms with Gasteiger partial charge in [0.15, 0.2) is 6.23 Å². The van der Waals surface area contributed by atoms with Gasteiger partial charge in [-0.15, -0.1) is 0 Å². The minimum Gasteiger partial charge on any atom is -0.399 e. The van der Waals surface area contributed by atoms with Gasteiger partial charge in [-0.1, -0.05) is 12.1 Å². The van der Waals surface area contributed by atoms with Gasteiger partial charge < -0.3 is 40.0 Å². The molecule has 0 radical (unpaired) electrons. The van der Waals surface area contributed by atoms with Gasteiger partial charge >= 0.3 is 7.12 Å². The standard InChI is InChI=1S/C20H31BN2O7/c1-11(25)22-15-17(27)16(26)14(10-24)28-18(15)23-13-8-6-12(7-9-13)21-29-19(2,3)20(4,5)30-21/h6-9,14-18,23-24,26-27H,10H2,1-5H3,(H,22,25). The van der Waals surface area contributed by atoms with Gasteiger partial charge in [-0.25, -0.2) is 0 Å². The van der Waals surface area contributed by atoms with E-state index in [2.05, 4.69) is 10.6 Å². The molecule has 5 atom stereocenters. The van der Waals surface area contributed by atoms with Crippen molar-refractivity contribution in [1.29, 1.82) is 0 Å². The van der Waals surface area contributed by atoms with Crippen molar-refractivity contribution in [3.05, 3.63) is 24.3 Å². The molecule has 1 aromatic carbocycles. The summed E-state index contributed by atoms with van der Waals surface area (Å²) in [5.41, 5.74) is 0.639. The predicted molar refractivity (Wildman–Crippen MR) is 111 cm³/mol. The van der Waals surface area contributed by atoms with Crippen molar-refractivity contribution < 1.29 is 34.2 Å². The molecule has 2 aliphatic rings. The Morgan fingerprint density at radius 1 is 1.07 bits per heavy atom. The first kappa shape index (κ1) is 23.0. The summed E-state index contributed by atoms with van der Waals surface area (Å²) in [4.78, 5) is 11.5. The van der Waals surface area contributed by atoms with E-state index in [4.69, 9.17) is 14.0 Å². The molecular formula is C20H31BN2O7. The van der Waals surface area contributed by atoms with Gasteiger partial charge in [0.2, 0.25) is 5.91 Å². The van der Waals surface area contributed by atoms with E-state index in [1.54, 1.807) is 12.1 Å². The van der Waals surface area contributed by atoms with Gasteiger partial charge in [0, 0.05) is 12.6 Å². The Morgan fingerprint density at radius 3 is 2.13 bits per heavy atom. The van der Waals surface area contributed by atoms with Gasteiger partial charge in [0.1, 0.15) is 24.4 Å². The molecule has 5 unspecified atom stereocenters. The van der Waals surface area contributed by atoms with Crippen LogP contribution in [0.1, 0.15) is 34.6 Å². The molecule has 2 fully saturated rings. The summed E-state index contributed by atoms with van der Waals surface area (Å²) in [6.45, 7) is 8.80. The molecular weight excluding hydrogens is 391 g/mol. The van der Waals surface area contributed by atoms with Crippen LogP contribution in [0.2, 0.25) is 0 Å². The van der Waals surface area contributed by atoms with Crippen molar-refractivity contribution in [1.82, 2.24) is 5.32 Å². The van der Waals surface area contributed by atoms with Crippen LogP contribution in [0.15, 0.2) is 24.3 Å². The fourth-order valence-electron chi connectivity index (χ4n) is 3.52. The van der Waals surface area contributed by atoms with Crippen LogP contribution in [0, 0.1) is 0 Å². The Bertz CT molecular complexity index is 742. The number of aliphatic hydroxyl groups excluding tert-OH is 3. The maximum absolute atomic E-state index is 11.5. The number of anilines is 1. The molecule has 0 saturated carbocycles. The van der Waals surface area contributed by atoms with Gasteiger partial charge in [-0.2, -0.15) is 0 Å². The number of amides is 1. The maximum atomic E-state index is 11.5. The number of hydrogen-bond acceptors (Lipinski definition) is 8. The molecule has 0 aromatic heterocycles. The van der Waals surface area contributed by atoms with E-state index >= 15 is 0 Å². The molecule has 30 heavy (non-hydrogen) atoms. The molecule has 0 bridgehead atoms. The minimum atomic E-state index is -1.32. The third-order valence-electron chi connectivity index (χ3n) is 6.04. The average molecular weight is 422 g/mol. The molecule has 10 heteroatoms. The fraction of sp³-hybridized carbons (Fsp3) is 0.650. The van der Waals surface area contributed by atoms with Crippen LogP contribution in [0.25, 0.3) is 0 Å². The Kier molecular flexibility index (Phi) is 6.47. The lowest BCUT2D eigenvalue weighted by molar-refractivity contribution is -0.188. The van der Waals surface area contributed by atoms with E-state index in [0.29, 0.717) is 5.69 Å². The first-order valence-corrected chi connectivity index (χ1v) is 10.1. The number of aliphatic hydroxyl groups is 3. The average Bonchev–Trinajstić information content (AvgIpc) is 2.89. The lowest BCUT2D eigenvalue weighted by Crippen LogP contribution is -2.65. The topological polar surface area (TPSA) is 130 Å². The second kappa shape index (κ2) is 8.45. The van der Waals surface area contributed by atoms with Crippen LogP contribution in [0.3, 0.4) is 0 Å². The SMILES string of the molecule is CC(=O)NC1C(Nc2ccc(B3OC(C)(C)C(C)(C)O3)cc2)OC(CO)C(O)C1O. The number of carbonyl (C=O) groups excluding carboxylic acids is 1. The third-order valence-corrected chi connectivity index (χ3v) is 6.04. The lowest BCUT2D eigenvalue weighted by Gasteiger charge is -2.43. The molecule has 2 heterocycles. The zero-order chi connectivity index (χ0) is 22.3. The Morgan fingerprint density at radius 2 is 1.63 bits per heavy atom. The zero-order valence-corrected chi connectivity index (χ0v) is 18.0. The van der Waals surface area contributed by atoms with E-state index in [1.165, 1.54) is 6.92 Å². The zero-order valence-electron chi connectivity index (χ0n) is 18.0. The number of hydrogen-bond donors (Lipinski definition) is 5. The predicted octanol–water partition coefficient (Wildman–Crippen LogP) is -0.659. The summed E-state index contributed by atoms with van der Waals surface area (Å²) in [6, 6.07) is 6.42. The van der Waals surface area contributed by atoms with Gasteiger partial charge in [-0.3, -0.25) is 4.79 Å². The molecule has 0 spiro atoms. The summed E-state index contributed by atoms with van der Waals surface area (Å²) < 4.78 is 17.8. The summed E-state index contributed by atoms with van der Waals surface area (Å²) in [7, 11) is -0.488. The van der Waals surface area contributed by atoms with Crippen LogP contribution >= 0.6 is 0 Å². The van der Waals surface area contributed by atoms with Crippen molar-refractivity contribution in [3.8, 4) is 0 Å². The largest absolute Gasteiger partial charge is 0.494 e. The van der Waals surface area contributed by atoms with Crippen LogP contribution in [-0.4, -0.2) is 76.7 Å². The molecule has 9 nitrogen and oxygen atoms in total. The molecule has 1 amide bonds. The highest BCUT2D eigenvalue weighted by atomic mass is 16.7. The monoisotopic (exact) mass is 422 g/mol. The number of benzene rings is 1. The van der Waals surface area contributed by atoms with Gasteiger partial charge in [0.25, 0.3) is 0 Å². The van der Waals surface area contributed by atoms with Gasteiger partial charge in [0.05, 0.1) is 17.8 Å². The van der Waals surface area contributed by atoms with E-state index in [-0.39, 0.29) is 5.91 Å².